The van der Waals surface area contributed by atoms with Crippen LogP contribution >= 0.6 is 0 Å². The Hall–Kier alpha value is -1.56. The number of nitrogens with two attached hydrogens (primary N) is 1. The first-order chi connectivity index (χ1) is 10.2. The number of carbonyl (C=O) groups is 1. The predicted molar refractivity (Wildman–Crippen MR) is 78.3 cm³/mol. The van der Waals surface area contributed by atoms with Crippen molar-refractivity contribution in [1.29, 1.82) is 0 Å². The standard InChI is InChI=1S/C16H22F3NO2/c1-11(9-13(10-20)15(21)22)3-2-4-12-5-7-14(8-6-12)16(17,18)19/h5-8,11,13H,2-4,9-10,20H2,1H3,(H,21,22)/t11-,13+/m0/s1. The van der Waals surface area contributed by atoms with Crippen LogP contribution in [0.1, 0.15) is 37.3 Å². The van der Waals surface area contributed by atoms with Crippen molar-refractivity contribution in [3.8, 4) is 0 Å². The fraction of sp³-hybridized carbons (Fsp3) is 0.562. The molecule has 0 aliphatic heterocycles. The molecule has 3 N–H and O–H groups in total. The van der Waals surface area contributed by atoms with Crippen molar-refractivity contribution in [2.45, 2.75) is 38.8 Å². The SMILES string of the molecule is C[C@@H](CCCc1ccc(C(F)(F)F)cc1)C[C@H](CN)C(=O)O. The van der Waals surface area contributed by atoms with Gasteiger partial charge in [-0.3, -0.25) is 4.79 Å². The Morgan fingerprint density at radius 3 is 2.32 bits per heavy atom. The molecule has 1 aromatic rings. The van der Waals surface area contributed by atoms with Gasteiger partial charge in [0, 0.05) is 6.54 Å². The van der Waals surface area contributed by atoms with Crippen LogP contribution in [0.25, 0.3) is 0 Å². The molecule has 124 valence electrons. The Balaban J connectivity index is 2.39. The van der Waals surface area contributed by atoms with Crippen molar-refractivity contribution in [3.63, 3.8) is 0 Å². The number of aliphatic carboxylic acids is 1. The molecule has 1 rings (SSSR count). The molecule has 1 aromatic carbocycles. The van der Waals surface area contributed by atoms with E-state index >= 15 is 0 Å². The molecule has 0 aromatic heterocycles. The van der Waals surface area contributed by atoms with Crippen LogP contribution in [-0.2, 0) is 17.4 Å². The lowest BCUT2D eigenvalue weighted by molar-refractivity contribution is -0.142. The van der Waals surface area contributed by atoms with Gasteiger partial charge in [-0.1, -0.05) is 25.5 Å². The first-order valence-electron chi connectivity index (χ1n) is 7.33. The van der Waals surface area contributed by atoms with Gasteiger partial charge in [0.2, 0.25) is 0 Å². The van der Waals surface area contributed by atoms with Gasteiger partial charge in [-0.15, -0.1) is 0 Å². The summed E-state index contributed by atoms with van der Waals surface area (Å²) in [4.78, 5) is 10.9. The van der Waals surface area contributed by atoms with Gasteiger partial charge in [-0.25, -0.2) is 0 Å². The normalized spacial score (nSPS) is 14.6. The predicted octanol–water partition coefficient (Wildman–Crippen LogP) is 3.71. The number of carboxylic acid groups (broad SMARTS) is 1. The maximum absolute atomic E-state index is 12.4. The highest BCUT2D eigenvalue weighted by Crippen LogP contribution is 2.29. The summed E-state index contributed by atoms with van der Waals surface area (Å²) in [6, 6.07) is 5.17. The van der Waals surface area contributed by atoms with E-state index in [1.54, 1.807) is 0 Å². The Labute approximate surface area is 128 Å². The van der Waals surface area contributed by atoms with Crippen molar-refractivity contribution in [1.82, 2.24) is 0 Å². The largest absolute Gasteiger partial charge is 0.481 e. The zero-order valence-electron chi connectivity index (χ0n) is 12.6. The Morgan fingerprint density at radius 1 is 1.27 bits per heavy atom. The average Bonchev–Trinajstić information content (AvgIpc) is 2.44. The first-order valence-corrected chi connectivity index (χ1v) is 7.33. The molecular formula is C16H22F3NO2. The lowest BCUT2D eigenvalue weighted by Crippen LogP contribution is -2.25. The van der Waals surface area contributed by atoms with Crippen LogP contribution in [0, 0.1) is 11.8 Å². The molecule has 0 saturated carbocycles. The van der Waals surface area contributed by atoms with E-state index in [4.69, 9.17) is 10.8 Å². The fourth-order valence-electron chi connectivity index (χ4n) is 2.42. The molecule has 0 fully saturated rings. The molecule has 3 nitrogen and oxygen atoms in total. The van der Waals surface area contributed by atoms with Crippen molar-refractivity contribution >= 4 is 5.97 Å². The van der Waals surface area contributed by atoms with E-state index in [1.165, 1.54) is 12.1 Å². The summed E-state index contributed by atoms with van der Waals surface area (Å²) >= 11 is 0. The Bertz CT molecular complexity index is 471. The number of alkyl halides is 3. The number of hydrogen-bond acceptors (Lipinski definition) is 2. The van der Waals surface area contributed by atoms with Gasteiger partial charge in [0.25, 0.3) is 0 Å². The third-order valence-electron chi connectivity index (χ3n) is 3.76. The minimum atomic E-state index is -4.30. The maximum atomic E-state index is 12.4. The summed E-state index contributed by atoms with van der Waals surface area (Å²) in [6.45, 7) is 2.09. The smallest absolute Gasteiger partial charge is 0.416 e. The highest BCUT2D eigenvalue weighted by Gasteiger charge is 2.29. The van der Waals surface area contributed by atoms with E-state index in [0.29, 0.717) is 12.8 Å². The van der Waals surface area contributed by atoms with Crippen LogP contribution in [-0.4, -0.2) is 17.6 Å². The Morgan fingerprint density at radius 2 is 1.86 bits per heavy atom. The second kappa shape index (κ2) is 8.17. The molecule has 0 heterocycles. The molecule has 0 spiro atoms. The zero-order valence-corrected chi connectivity index (χ0v) is 12.6. The van der Waals surface area contributed by atoms with E-state index in [-0.39, 0.29) is 12.5 Å². The van der Waals surface area contributed by atoms with Crippen LogP contribution in [0.4, 0.5) is 13.2 Å². The number of hydrogen-bond donors (Lipinski definition) is 2. The number of rotatable bonds is 8. The van der Waals surface area contributed by atoms with Crippen LogP contribution in [0.5, 0.6) is 0 Å². The Kier molecular flexibility index (Phi) is 6.87. The highest BCUT2D eigenvalue weighted by molar-refractivity contribution is 5.70. The van der Waals surface area contributed by atoms with E-state index in [0.717, 1.165) is 30.5 Å². The fourth-order valence-corrected chi connectivity index (χ4v) is 2.42. The lowest BCUT2D eigenvalue weighted by atomic mass is 9.91. The van der Waals surface area contributed by atoms with Crippen LogP contribution in [0.15, 0.2) is 24.3 Å². The van der Waals surface area contributed by atoms with Gasteiger partial charge in [-0.2, -0.15) is 13.2 Å². The van der Waals surface area contributed by atoms with Gasteiger partial charge in [0.1, 0.15) is 0 Å². The number of aryl methyl sites for hydroxylation is 1. The lowest BCUT2D eigenvalue weighted by Gasteiger charge is -2.16. The summed E-state index contributed by atoms with van der Waals surface area (Å²) in [6.07, 6.45) is -1.46. The zero-order chi connectivity index (χ0) is 16.8. The highest BCUT2D eigenvalue weighted by atomic mass is 19.4. The summed E-state index contributed by atoms with van der Waals surface area (Å²) < 4.78 is 37.3. The van der Waals surface area contributed by atoms with Gasteiger partial charge in [0.05, 0.1) is 11.5 Å². The second-order valence-electron chi connectivity index (χ2n) is 5.70. The quantitative estimate of drug-likeness (QED) is 0.768. The summed E-state index contributed by atoms with van der Waals surface area (Å²) in [5, 5.41) is 8.95. The van der Waals surface area contributed by atoms with E-state index in [9.17, 15) is 18.0 Å². The molecule has 0 amide bonds. The molecule has 2 atom stereocenters. The molecule has 0 radical (unpaired) electrons. The molecular weight excluding hydrogens is 295 g/mol. The van der Waals surface area contributed by atoms with Gasteiger partial charge >= 0.3 is 12.1 Å². The van der Waals surface area contributed by atoms with Gasteiger partial charge in [0.15, 0.2) is 0 Å². The van der Waals surface area contributed by atoms with Crippen molar-refractivity contribution in [2.75, 3.05) is 6.54 Å². The second-order valence-corrected chi connectivity index (χ2v) is 5.70. The van der Waals surface area contributed by atoms with Crippen molar-refractivity contribution < 1.29 is 23.1 Å². The molecule has 0 bridgehead atoms. The third kappa shape index (κ3) is 6.05. The molecule has 22 heavy (non-hydrogen) atoms. The molecule has 6 heteroatoms. The molecule has 0 aliphatic carbocycles. The first kappa shape index (κ1) is 18.5. The number of benzene rings is 1. The minimum Gasteiger partial charge on any atom is -0.481 e. The molecule has 0 unspecified atom stereocenters. The topological polar surface area (TPSA) is 63.3 Å². The minimum absolute atomic E-state index is 0.124. The van der Waals surface area contributed by atoms with E-state index in [1.807, 2.05) is 6.92 Å². The van der Waals surface area contributed by atoms with Crippen LogP contribution in [0.2, 0.25) is 0 Å². The monoisotopic (exact) mass is 317 g/mol. The molecule has 0 saturated heterocycles. The summed E-state index contributed by atoms with van der Waals surface area (Å²) in [5.41, 5.74) is 5.63. The van der Waals surface area contributed by atoms with Crippen LogP contribution < -0.4 is 5.73 Å². The van der Waals surface area contributed by atoms with E-state index in [2.05, 4.69) is 0 Å². The number of carboxylic acids is 1. The van der Waals surface area contributed by atoms with Gasteiger partial charge in [-0.05, 0) is 42.9 Å². The molecule has 0 aliphatic rings. The summed E-state index contributed by atoms with van der Waals surface area (Å²) in [7, 11) is 0. The maximum Gasteiger partial charge on any atom is 0.416 e. The average molecular weight is 317 g/mol. The summed E-state index contributed by atoms with van der Waals surface area (Å²) in [5.74, 6) is -1.18. The number of halogens is 3. The third-order valence-corrected chi connectivity index (χ3v) is 3.76. The van der Waals surface area contributed by atoms with Crippen molar-refractivity contribution in [3.05, 3.63) is 35.4 Å². The van der Waals surface area contributed by atoms with Gasteiger partial charge < -0.3 is 10.8 Å². The van der Waals surface area contributed by atoms with Crippen LogP contribution in [0.3, 0.4) is 0 Å². The van der Waals surface area contributed by atoms with E-state index < -0.39 is 23.6 Å². The van der Waals surface area contributed by atoms with Crippen molar-refractivity contribution in [2.24, 2.45) is 17.6 Å².